The van der Waals surface area contributed by atoms with Crippen LogP contribution in [0.25, 0.3) is 11.2 Å². The van der Waals surface area contributed by atoms with Gasteiger partial charge >= 0.3 is 17.7 Å². The third kappa shape index (κ3) is 10.0. The summed E-state index contributed by atoms with van der Waals surface area (Å²) in [6, 6.07) is 8.05. The largest absolute Gasteiger partial charge is 0.481 e. The number of H-pyrrole nitrogens is 1. The second-order valence-corrected chi connectivity index (χ2v) is 9.44. The number of thiocarbonyl (C=S) groups is 1. The number of carbonyl (C=O) groups is 1. The van der Waals surface area contributed by atoms with Gasteiger partial charge in [-0.05, 0) is 41.7 Å². The van der Waals surface area contributed by atoms with E-state index in [9.17, 15) is 9.59 Å². The molecule has 0 aliphatic heterocycles. The van der Waals surface area contributed by atoms with Gasteiger partial charge in [-0.25, -0.2) is 4.79 Å². The van der Waals surface area contributed by atoms with Crippen molar-refractivity contribution in [2.75, 3.05) is 45.4 Å². The standard InChI is InChI=1S/C26H35N5O7S/c27-23-22-24(30-25(29-23)38-13-2-11-32)31(26(35)28-22)17-19-6-4-18(5-7-19)8-9-20(39)3-1-12-36-15-16-37-14-10-21(33)34/h4-7,32H,1-3,8-17H2,(H,28,35)(H,33,34)(H2,27,29,30). The fourth-order valence-corrected chi connectivity index (χ4v) is 3.97. The smallest absolute Gasteiger partial charge is 0.328 e. The van der Waals surface area contributed by atoms with E-state index < -0.39 is 5.97 Å². The molecular weight excluding hydrogens is 526 g/mol. The van der Waals surface area contributed by atoms with Gasteiger partial charge in [0.2, 0.25) is 0 Å². The number of nitrogen functional groups attached to an aromatic ring is 1. The van der Waals surface area contributed by atoms with Gasteiger partial charge in [0.15, 0.2) is 11.5 Å². The fourth-order valence-electron chi connectivity index (χ4n) is 3.73. The fraction of sp³-hybridized carbons (Fsp3) is 0.500. The van der Waals surface area contributed by atoms with E-state index in [4.69, 9.17) is 42.4 Å². The maximum Gasteiger partial charge on any atom is 0.328 e. The molecule has 0 bridgehead atoms. The van der Waals surface area contributed by atoms with Crippen LogP contribution >= 0.6 is 12.2 Å². The lowest BCUT2D eigenvalue weighted by molar-refractivity contribution is -0.138. The van der Waals surface area contributed by atoms with Crippen LogP contribution in [0.5, 0.6) is 6.01 Å². The van der Waals surface area contributed by atoms with Crippen LogP contribution in [0.4, 0.5) is 5.82 Å². The maximum absolute atomic E-state index is 12.6. The van der Waals surface area contributed by atoms with Gasteiger partial charge in [0.05, 0.1) is 39.4 Å². The van der Waals surface area contributed by atoms with Crippen molar-refractivity contribution >= 4 is 40.0 Å². The van der Waals surface area contributed by atoms with E-state index >= 15 is 0 Å². The predicted octanol–water partition coefficient (Wildman–Crippen LogP) is 2.10. The summed E-state index contributed by atoms with van der Waals surface area (Å²) in [4.78, 5) is 35.1. The van der Waals surface area contributed by atoms with E-state index in [0.29, 0.717) is 44.0 Å². The molecule has 2 aromatic heterocycles. The Morgan fingerprint density at radius 3 is 2.41 bits per heavy atom. The van der Waals surface area contributed by atoms with Crippen LogP contribution < -0.4 is 16.2 Å². The van der Waals surface area contributed by atoms with Gasteiger partial charge in [0.1, 0.15) is 5.52 Å². The summed E-state index contributed by atoms with van der Waals surface area (Å²) >= 11 is 5.51. The van der Waals surface area contributed by atoms with E-state index in [1.807, 2.05) is 24.3 Å². The zero-order chi connectivity index (χ0) is 28.0. The summed E-state index contributed by atoms with van der Waals surface area (Å²) < 4.78 is 17.6. The number of anilines is 1. The Hall–Kier alpha value is -3.39. The molecule has 0 fully saturated rings. The number of aromatic amines is 1. The average molecular weight is 562 g/mol. The van der Waals surface area contributed by atoms with Gasteiger partial charge in [0.25, 0.3) is 0 Å². The molecular formula is C26H35N5O7S. The van der Waals surface area contributed by atoms with E-state index in [1.165, 1.54) is 4.57 Å². The molecule has 0 aliphatic rings. The number of aliphatic hydroxyl groups excluding tert-OH is 1. The lowest BCUT2D eigenvalue weighted by atomic mass is 10.0. The first kappa shape index (κ1) is 30.2. The summed E-state index contributed by atoms with van der Waals surface area (Å²) in [5, 5.41) is 17.5. The van der Waals surface area contributed by atoms with Crippen molar-refractivity contribution in [3.8, 4) is 6.01 Å². The van der Waals surface area contributed by atoms with Crippen LogP contribution in [0.15, 0.2) is 29.1 Å². The number of hydrogen-bond donors (Lipinski definition) is 4. The Bertz CT molecular complexity index is 1280. The highest BCUT2D eigenvalue weighted by molar-refractivity contribution is 7.80. The quantitative estimate of drug-likeness (QED) is 0.125. The van der Waals surface area contributed by atoms with Gasteiger partial charge in [-0.3, -0.25) is 9.36 Å². The molecule has 0 unspecified atom stereocenters. The normalized spacial score (nSPS) is 11.2. The van der Waals surface area contributed by atoms with E-state index in [-0.39, 0.29) is 43.8 Å². The van der Waals surface area contributed by atoms with Crippen molar-refractivity contribution < 1.29 is 29.2 Å². The van der Waals surface area contributed by atoms with Crippen LogP contribution in [-0.2, 0) is 27.2 Å². The molecule has 13 heteroatoms. The number of ether oxygens (including phenoxy) is 3. The van der Waals surface area contributed by atoms with Gasteiger partial charge in [0, 0.05) is 19.6 Å². The summed E-state index contributed by atoms with van der Waals surface area (Å²) in [7, 11) is 0. The lowest BCUT2D eigenvalue weighted by Crippen LogP contribution is -2.18. The van der Waals surface area contributed by atoms with Gasteiger partial charge in [-0.15, -0.1) is 0 Å². The summed E-state index contributed by atoms with van der Waals surface area (Å²) in [6.45, 7) is 2.11. The van der Waals surface area contributed by atoms with Crippen molar-refractivity contribution in [1.82, 2.24) is 19.5 Å². The molecule has 0 radical (unpaired) electrons. The number of aromatic nitrogens is 4. The second-order valence-electron chi connectivity index (χ2n) is 8.86. The number of carboxylic acid groups (broad SMARTS) is 1. The minimum absolute atomic E-state index is 0.00400. The number of hydrogen-bond acceptors (Lipinski definition) is 10. The highest BCUT2D eigenvalue weighted by atomic mass is 32.1. The van der Waals surface area contributed by atoms with Crippen LogP contribution in [-0.4, -0.2) is 80.2 Å². The van der Waals surface area contributed by atoms with Gasteiger partial charge in [-0.1, -0.05) is 36.5 Å². The van der Waals surface area contributed by atoms with Crippen molar-refractivity contribution in [3.05, 3.63) is 45.9 Å². The SMILES string of the molecule is Nc1nc(OCCCO)nc2c1[nH]c(=O)n2Cc1ccc(CCC(=S)CCCOCCOCCC(=O)O)cc1. The molecule has 0 amide bonds. The topological polar surface area (TPSA) is 175 Å². The first-order valence-electron chi connectivity index (χ1n) is 12.8. The number of benzene rings is 1. The van der Waals surface area contributed by atoms with Gasteiger partial charge in [-0.2, -0.15) is 9.97 Å². The number of aryl methyl sites for hydroxylation is 1. The molecule has 3 rings (SSSR count). The third-order valence-corrected chi connectivity index (χ3v) is 6.20. The number of carboxylic acids is 1. The van der Waals surface area contributed by atoms with Crippen molar-refractivity contribution in [2.45, 2.75) is 45.1 Å². The molecule has 5 N–H and O–H groups in total. The van der Waals surface area contributed by atoms with Crippen molar-refractivity contribution in [1.29, 1.82) is 0 Å². The van der Waals surface area contributed by atoms with Gasteiger partial charge < -0.3 is 35.1 Å². The monoisotopic (exact) mass is 561 g/mol. The maximum atomic E-state index is 12.6. The van der Waals surface area contributed by atoms with Crippen LogP contribution in [0.3, 0.4) is 0 Å². The van der Waals surface area contributed by atoms with Crippen molar-refractivity contribution in [3.63, 3.8) is 0 Å². The average Bonchev–Trinajstić information content (AvgIpc) is 3.22. The molecule has 39 heavy (non-hydrogen) atoms. The first-order valence-corrected chi connectivity index (χ1v) is 13.2. The molecule has 0 saturated carbocycles. The van der Waals surface area contributed by atoms with Crippen LogP contribution in [0, 0.1) is 0 Å². The zero-order valence-corrected chi connectivity index (χ0v) is 22.6. The number of aliphatic carboxylic acids is 1. The highest BCUT2D eigenvalue weighted by Crippen LogP contribution is 2.19. The Kier molecular flexibility index (Phi) is 12.3. The Morgan fingerprint density at radius 1 is 0.974 bits per heavy atom. The van der Waals surface area contributed by atoms with Crippen molar-refractivity contribution in [2.24, 2.45) is 0 Å². The molecule has 212 valence electrons. The summed E-state index contributed by atoms with van der Waals surface area (Å²) in [5.74, 6) is -0.754. The summed E-state index contributed by atoms with van der Waals surface area (Å²) in [6.07, 6.45) is 3.67. The third-order valence-electron chi connectivity index (χ3n) is 5.80. The van der Waals surface area contributed by atoms with E-state index in [0.717, 1.165) is 41.7 Å². The number of rotatable bonds is 19. The first-order chi connectivity index (χ1) is 18.9. The molecule has 0 saturated heterocycles. The molecule has 0 atom stereocenters. The molecule has 12 nitrogen and oxygen atoms in total. The Balaban J connectivity index is 1.43. The Morgan fingerprint density at radius 2 is 1.69 bits per heavy atom. The number of nitrogens with zero attached hydrogens (tertiary/aromatic N) is 3. The van der Waals surface area contributed by atoms with E-state index in [2.05, 4.69) is 15.0 Å². The summed E-state index contributed by atoms with van der Waals surface area (Å²) in [5.41, 5.74) is 8.43. The molecule has 3 aromatic rings. The molecule has 1 aromatic carbocycles. The molecule has 0 spiro atoms. The lowest BCUT2D eigenvalue weighted by Gasteiger charge is -2.08. The van der Waals surface area contributed by atoms with E-state index in [1.54, 1.807) is 0 Å². The number of nitrogens with two attached hydrogens (primary N) is 1. The van der Waals surface area contributed by atoms with Crippen LogP contribution in [0.1, 0.15) is 43.2 Å². The highest BCUT2D eigenvalue weighted by Gasteiger charge is 2.15. The zero-order valence-electron chi connectivity index (χ0n) is 21.8. The second kappa shape index (κ2) is 15.9. The number of aliphatic hydroxyl groups is 1. The number of imidazole rings is 1. The Labute approximate surface area is 231 Å². The number of nitrogens with one attached hydrogen (secondary N) is 1. The molecule has 2 heterocycles. The molecule has 0 aliphatic carbocycles. The minimum Gasteiger partial charge on any atom is -0.481 e. The minimum atomic E-state index is -0.874. The number of fused-ring (bicyclic) bond motifs is 1. The van der Waals surface area contributed by atoms with Crippen LogP contribution in [0.2, 0.25) is 0 Å². The predicted molar refractivity (Wildman–Crippen MR) is 149 cm³/mol.